The van der Waals surface area contributed by atoms with E-state index in [-0.39, 0.29) is 30.4 Å². The van der Waals surface area contributed by atoms with Crippen molar-refractivity contribution in [1.82, 2.24) is 25.2 Å². The van der Waals surface area contributed by atoms with Crippen LogP contribution in [0.3, 0.4) is 0 Å². The van der Waals surface area contributed by atoms with Gasteiger partial charge in [0, 0.05) is 12.0 Å². The summed E-state index contributed by atoms with van der Waals surface area (Å²) in [5.74, 6) is 0.252. The molecule has 0 bridgehead atoms. The summed E-state index contributed by atoms with van der Waals surface area (Å²) in [6, 6.07) is -0.150. The molecule has 0 aliphatic carbocycles. The Morgan fingerprint density at radius 3 is 2.70 bits per heavy atom. The number of nitrogens with zero attached hydrogens (tertiary/aromatic N) is 5. The van der Waals surface area contributed by atoms with E-state index >= 15 is 0 Å². The smallest absolute Gasteiger partial charge is 0.322 e. The molecule has 1 amide bonds. The van der Waals surface area contributed by atoms with Crippen LogP contribution in [-0.4, -0.2) is 31.1 Å². The third-order valence-electron chi connectivity index (χ3n) is 2.51. The van der Waals surface area contributed by atoms with Crippen LogP contribution in [0.5, 0.6) is 0 Å². The van der Waals surface area contributed by atoms with Gasteiger partial charge in [0.2, 0.25) is 11.8 Å². The first kappa shape index (κ1) is 14.1. The van der Waals surface area contributed by atoms with E-state index in [1.54, 1.807) is 13.1 Å². The maximum atomic E-state index is 11.8. The molecule has 20 heavy (non-hydrogen) atoms. The van der Waals surface area contributed by atoms with E-state index in [1.807, 2.05) is 13.8 Å². The summed E-state index contributed by atoms with van der Waals surface area (Å²) in [6.07, 6.45) is 1.62. The van der Waals surface area contributed by atoms with Crippen molar-refractivity contribution in [2.45, 2.75) is 39.3 Å². The second-order valence-electron chi connectivity index (χ2n) is 4.78. The van der Waals surface area contributed by atoms with Crippen molar-refractivity contribution < 1.29 is 9.21 Å². The SMILES string of the molecule is CC(C)c1nnc(NC(=O)Cn2cc(C(C)N)nn2)o1. The molecule has 0 aliphatic heterocycles. The van der Waals surface area contributed by atoms with Gasteiger partial charge in [0.1, 0.15) is 6.54 Å². The van der Waals surface area contributed by atoms with Crippen LogP contribution < -0.4 is 11.1 Å². The molecule has 0 spiro atoms. The summed E-state index contributed by atoms with van der Waals surface area (Å²) >= 11 is 0. The largest absolute Gasteiger partial charge is 0.408 e. The molecule has 108 valence electrons. The molecule has 0 fully saturated rings. The highest BCUT2D eigenvalue weighted by Gasteiger charge is 2.13. The molecule has 0 radical (unpaired) electrons. The molecule has 9 nitrogen and oxygen atoms in total. The van der Waals surface area contributed by atoms with Crippen LogP contribution in [0.4, 0.5) is 6.01 Å². The number of rotatable bonds is 5. The number of nitrogens with one attached hydrogen (secondary N) is 1. The molecule has 3 N–H and O–H groups in total. The van der Waals surface area contributed by atoms with E-state index in [2.05, 4.69) is 25.8 Å². The highest BCUT2D eigenvalue weighted by atomic mass is 16.4. The maximum Gasteiger partial charge on any atom is 0.322 e. The summed E-state index contributed by atoms with van der Waals surface area (Å²) in [4.78, 5) is 11.8. The lowest BCUT2D eigenvalue weighted by atomic mass is 10.2. The number of aromatic nitrogens is 5. The van der Waals surface area contributed by atoms with Crippen molar-refractivity contribution in [1.29, 1.82) is 0 Å². The van der Waals surface area contributed by atoms with E-state index in [4.69, 9.17) is 10.2 Å². The molecule has 0 aliphatic rings. The van der Waals surface area contributed by atoms with Gasteiger partial charge in [-0.05, 0) is 6.92 Å². The van der Waals surface area contributed by atoms with Crippen molar-refractivity contribution in [2.75, 3.05) is 5.32 Å². The number of hydrogen-bond donors (Lipinski definition) is 2. The Kier molecular flexibility index (Phi) is 4.08. The lowest BCUT2D eigenvalue weighted by Crippen LogP contribution is -2.19. The van der Waals surface area contributed by atoms with E-state index in [0.717, 1.165) is 0 Å². The van der Waals surface area contributed by atoms with Crippen LogP contribution in [0.25, 0.3) is 0 Å². The van der Waals surface area contributed by atoms with Gasteiger partial charge in [-0.25, -0.2) is 4.68 Å². The fraction of sp³-hybridized carbons (Fsp3) is 0.545. The second-order valence-corrected chi connectivity index (χ2v) is 4.78. The average molecular weight is 279 g/mol. The van der Waals surface area contributed by atoms with Crippen LogP contribution in [0.15, 0.2) is 10.6 Å². The van der Waals surface area contributed by atoms with Gasteiger partial charge in [0.15, 0.2) is 0 Å². The van der Waals surface area contributed by atoms with Crippen molar-refractivity contribution >= 4 is 11.9 Å². The Balaban J connectivity index is 1.94. The van der Waals surface area contributed by atoms with Gasteiger partial charge in [0.05, 0.1) is 11.9 Å². The first-order valence-corrected chi connectivity index (χ1v) is 6.24. The van der Waals surface area contributed by atoms with E-state index in [1.165, 1.54) is 4.68 Å². The van der Waals surface area contributed by atoms with Crippen molar-refractivity contribution in [3.63, 3.8) is 0 Å². The summed E-state index contributed by atoms with van der Waals surface area (Å²) in [6.45, 7) is 5.63. The summed E-state index contributed by atoms with van der Waals surface area (Å²) in [5.41, 5.74) is 6.29. The van der Waals surface area contributed by atoms with Gasteiger partial charge in [-0.1, -0.05) is 24.2 Å². The lowest BCUT2D eigenvalue weighted by molar-refractivity contribution is -0.117. The minimum absolute atomic E-state index is 0.000881. The van der Waals surface area contributed by atoms with Gasteiger partial charge in [0.25, 0.3) is 0 Å². The third-order valence-corrected chi connectivity index (χ3v) is 2.51. The average Bonchev–Trinajstić information content (AvgIpc) is 2.98. The first-order valence-electron chi connectivity index (χ1n) is 6.24. The zero-order valence-corrected chi connectivity index (χ0v) is 11.6. The topological polar surface area (TPSA) is 125 Å². The standard InChI is InChI=1S/C11H17N7O2/c1-6(2)10-15-16-11(20-10)13-9(19)5-18-4-8(7(3)12)14-17-18/h4,6-7H,5,12H2,1-3H3,(H,13,16,19). The minimum Gasteiger partial charge on any atom is -0.408 e. The number of anilines is 1. The number of hydrogen-bond acceptors (Lipinski definition) is 7. The van der Waals surface area contributed by atoms with Crippen LogP contribution in [0, 0.1) is 0 Å². The molecule has 2 rings (SSSR count). The Bertz CT molecular complexity index is 537. The zero-order chi connectivity index (χ0) is 14.7. The van der Waals surface area contributed by atoms with Gasteiger partial charge >= 0.3 is 6.01 Å². The molecule has 2 aromatic heterocycles. The Morgan fingerprint density at radius 1 is 1.40 bits per heavy atom. The fourth-order valence-electron chi connectivity index (χ4n) is 1.42. The predicted molar refractivity (Wildman–Crippen MR) is 69.6 cm³/mol. The van der Waals surface area contributed by atoms with Crippen LogP contribution in [-0.2, 0) is 11.3 Å². The highest BCUT2D eigenvalue weighted by molar-refractivity contribution is 5.88. The molecule has 2 aromatic rings. The zero-order valence-electron chi connectivity index (χ0n) is 11.6. The molecule has 0 saturated carbocycles. The second kappa shape index (κ2) is 5.78. The van der Waals surface area contributed by atoms with Crippen molar-refractivity contribution in [2.24, 2.45) is 5.73 Å². The van der Waals surface area contributed by atoms with Gasteiger partial charge < -0.3 is 10.2 Å². The van der Waals surface area contributed by atoms with Crippen LogP contribution in [0.1, 0.15) is 44.3 Å². The van der Waals surface area contributed by atoms with E-state index in [9.17, 15) is 4.79 Å². The Labute approximate surface area is 115 Å². The molecular weight excluding hydrogens is 262 g/mol. The lowest BCUT2D eigenvalue weighted by Gasteiger charge is -2.00. The summed E-state index contributed by atoms with van der Waals surface area (Å²) < 4.78 is 6.67. The first-order chi connectivity index (χ1) is 9.45. The molecule has 0 saturated heterocycles. The van der Waals surface area contributed by atoms with E-state index in [0.29, 0.717) is 11.6 Å². The number of carbonyl (C=O) groups excluding carboxylic acids is 1. The predicted octanol–water partition coefficient (Wildman–Crippen LogP) is 0.443. The van der Waals surface area contributed by atoms with Crippen LogP contribution >= 0.6 is 0 Å². The van der Waals surface area contributed by atoms with Crippen molar-refractivity contribution in [3.05, 3.63) is 17.8 Å². The Hall–Kier alpha value is -2.29. The third kappa shape index (κ3) is 3.38. The number of amides is 1. The van der Waals surface area contributed by atoms with Gasteiger partial charge in [-0.3, -0.25) is 10.1 Å². The molecule has 9 heteroatoms. The monoisotopic (exact) mass is 279 g/mol. The number of nitrogens with two attached hydrogens (primary N) is 1. The van der Waals surface area contributed by atoms with Gasteiger partial charge in [-0.2, -0.15) is 0 Å². The highest BCUT2D eigenvalue weighted by Crippen LogP contribution is 2.14. The normalized spacial score (nSPS) is 12.7. The minimum atomic E-state index is -0.329. The molecular formula is C11H17N7O2. The van der Waals surface area contributed by atoms with Gasteiger partial charge in [-0.15, -0.1) is 10.2 Å². The maximum absolute atomic E-state index is 11.8. The van der Waals surface area contributed by atoms with E-state index < -0.39 is 0 Å². The Morgan fingerprint density at radius 2 is 2.15 bits per heavy atom. The molecule has 2 heterocycles. The molecule has 1 unspecified atom stereocenters. The quantitative estimate of drug-likeness (QED) is 0.813. The molecule has 1 atom stereocenters. The fourth-order valence-corrected chi connectivity index (χ4v) is 1.42. The summed E-state index contributed by atoms with van der Waals surface area (Å²) in [5, 5.41) is 17.7. The van der Waals surface area contributed by atoms with Crippen LogP contribution in [0.2, 0.25) is 0 Å². The molecule has 0 aromatic carbocycles. The summed E-state index contributed by atoms with van der Waals surface area (Å²) in [7, 11) is 0. The van der Waals surface area contributed by atoms with Crippen molar-refractivity contribution in [3.8, 4) is 0 Å². The number of carbonyl (C=O) groups is 1.